The molecule has 294 valence electrons. The lowest BCUT2D eigenvalue weighted by atomic mass is 9.99. The van der Waals surface area contributed by atoms with Gasteiger partial charge in [-0.25, -0.2) is 4.79 Å². The Hall–Kier alpha value is -6.19. The molecular weight excluding hydrogens is 757 g/mol. The maximum Gasteiger partial charge on any atom is 0.408 e. The molecule has 2 aliphatic rings. The van der Waals surface area contributed by atoms with E-state index in [0.29, 0.717) is 17.3 Å². The minimum Gasteiger partial charge on any atom is -0.445 e. The van der Waals surface area contributed by atoms with Crippen LogP contribution in [0.4, 0.5) is 4.79 Å². The highest BCUT2D eigenvalue weighted by atomic mass is 32.2. The van der Waals surface area contributed by atoms with Crippen molar-refractivity contribution in [1.29, 1.82) is 0 Å². The molecule has 2 N–H and O–H groups in total. The molecule has 2 saturated heterocycles. The van der Waals surface area contributed by atoms with Crippen LogP contribution >= 0.6 is 11.8 Å². The van der Waals surface area contributed by atoms with Crippen LogP contribution in [0.2, 0.25) is 0 Å². The summed E-state index contributed by atoms with van der Waals surface area (Å²) in [5.74, 6) is -0.256. The van der Waals surface area contributed by atoms with E-state index < -0.39 is 24.3 Å². The van der Waals surface area contributed by atoms with Crippen molar-refractivity contribution < 1.29 is 33.7 Å². The van der Waals surface area contributed by atoms with Crippen molar-refractivity contribution in [3.63, 3.8) is 0 Å². The summed E-state index contributed by atoms with van der Waals surface area (Å²) < 4.78 is 20.1. The number of nitrogens with zero attached hydrogens (tertiary/aromatic N) is 5. The number of tetrazole rings is 1. The maximum atomic E-state index is 13.2. The SMILES string of the molecule is O=C(NC1CC(=O)N(Cc2cccc(-c3ccc(C4OC(CSc5nnnn5-c5ccccc5)CC(c5ccc(CO)cc5)O4)cc3)c2)C1=O)OCc1ccccc1. The van der Waals surface area contributed by atoms with Crippen LogP contribution in [0.15, 0.2) is 139 Å². The second-order valence-corrected chi connectivity index (χ2v) is 15.0. The van der Waals surface area contributed by atoms with Crippen LogP contribution in [0, 0.1) is 0 Å². The lowest BCUT2D eigenvalue weighted by Gasteiger charge is -2.36. The molecule has 3 heterocycles. The second-order valence-electron chi connectivity index (χ2n) is 14.0. The number of aliphatic hydroxyl groups excluding tert-OH is 1. The van der Waals surface area contributed by atoms with E-state index in [1.807, 2.05) is 133 Å². The van der Waals surface area contributed by atoms with E-state index in [-0.39, 0.29) is 44.3 Å². The summed E-state index contributed by atoms with van der Waals surface area (Å²) in [7, 11) is 0. The molecule has 0 spiro atoms. The van der Waals surface area contributed by atoms with Gasteiger partial charge in [0.15, 0.2) is 6.29 Å². The molecule has 2 fully saturated rings. The first kappa shape index (κ1) is 38.7. The zero-order valence-corrected chi connectivity index (χ0v) is 32.1. The summed E-state index contributed by atoms with van der Waals surface area (Å²) >= 11 is 1.52. The van der Waals surface area contributed by atoms with Gasteiger partial charge in [0.25, 0.3) is 5.91 Å². The predicted octanol–water partition coefficient (Wildman–Crippen LogP) is 6.71. The Kier molecular flexibility index (Phi) is 12.0. The van der Waals surface area contributed by atoms with E-state index in [2.05, 4.69) is 20.8 Å². The number of para-hydroxylation sites is 1. The number of hydrogen-bond donors (Lipinski definition) is 2. The summed E-state index contributed by atoms with van der Waals surface area (Å²) in [6, 6.07) is 41.3. The first-order valence-corrected chi connectivity index (χ1v) is 19.9. The molecule has 0 aliphatic carbocycles. The number of aromatic nitrogens is 4. The van der Waals surface area contributed by atoms with Gasteiger partial charge in [0.05, 0.1) is 37.5 Å². The number of aliphatic hydroxyl groups is 1. The molecule has 3 amide bonds. The Morgan fingerprint density at radius 3 is 2.29 bits per heavy atom. The molecule has 6 aromatic rings. The van der Waals surface area contributed by atoms with Crippen molar-refractivity contribution in [2.24, 2.45) is 0 Å². The van der Waals surface area contributed by atoms with E-state index >= 15 is 0 Å². The number of ether oxygens (including phenoxy) is 3. The fourth-order valence-corrected chi connectivity index (χ4v) is 7.83. The van der Waals surface area contributed by atoms with Crippen molar-refractivity contribution in [2.75, 3.05) is 5.75 Å². The third kappa shape index (κ3) is 9.16. The summed E-state index contributed by atoms with van der Waals surface area (Å²) in [6.07, 6.45) is -1.39. The second kappa shape index (κ2) is 17.9. The highest BCUT2D eigenvalue weighted by molar-refractivity contribution is 7.99. The normalized spacial score (nSPS) is 19.3. The van der Waals surface area contributed by atoms with Crippen LogP contribution < -0.4 is 5.32 Å². The van der Waals surface area contributed by atoms with Crippen molar-refractivity contribution in [1.82, 2.24) is 30.4 Å². The number of alkyl carbamates (subject to hydrolysis) is 1. The Labute approximate surface area is 338 Å². The quantitative estimate of drug-likeness (QED) is 0.0945. The van der Waals surface area contributed by atoms with E-state index in [4.69, 9.17) is 14.2 Å². The van der Waals surface area contributed by atoms with E-state index in [1.54, 1.807) is 4.68 Å². The minimum atomic E-state index is -0.986. The van der Waals surface area contributed by atoms with Crippen LogP contribution in [0.25, 0.3) is 16.8 Å². The first-order valence-electron chi connectivity index (χ1n) is 18.9. The molecule has 4 atom stereocenters. The van der Waals surface area contributed by atoms with Crippen LogP contribution in [0.1, 0.15) is 53.1 Å². The molecule has 5 aromatic carbocycles. The third-order valence-electron chi connectivity index (χ3n) is 9.99. The average Bonchev–Trinajstić information content (AvgIpc) is 3.85. The van der Waals surface area contributed by atoms with Gasteiger partial charge in [-0.15, -0.1) is 5.10 Å². The largest absolute Gasteiger partial charge is 0.445 e. The van der Waals surface area contributed by atoms with Gasteiger partial charge in [0.1, 0.15) is 12.6 Å². The van der Waals surface area contributed by atoms with Crippen molar-refractivity contribution in [3.8, 4) is 16.8 Å². The first-order chi connectivity index (χ1) is 28.4. The highest BCUT2D eigenvalue weighted by Gasteiger charge is 2.40. The van der Waals surface area contributed by atoms with E-state index in [9.17, 15) is 19.5 Å². The smallest absolute Gasteiger partial charge is 0.408 e. The highest BCUT2D eigenvalue weighted by Crippen LogP contribution is 2.40. The third-order valence-corrected chi connectivity index (χ3v) is 11.0. The molecule has 1 aromatic heterocycles. The Balaban J connectivity index is 0.928. The van der Waals surface area contributed by atoms with Gasteiger partial charge < -0.3 is 24.6 Å². The number of imide groups is 1. The molecule has 58 heavy (non-hydrogen) atoms. The number of amides is 3. The van der Waals surface area contributed by atoms with E-state index in [1.165, 1.54) is 16.7 Å². The monoisotopic (exact) mass is 796 g/mol. The summed E-state index contributed by atoms with van der Waals surface area (Å²) in [5, 5.41) is 25.2. The molecule has 13 nitrogen and oxygen atoms in total. The van der Waals surface area contributed by atoms with Crippen LogP contribution in [-0.2, 0) is 43.6 Å². The van der Waals surface area contributed by atoms with Crippen molar-refractivity contribution in [2.45, 2.75) is 62.3 Å². The number of thioether (sulfide) groups is 1. The number of carbonyl (C=O) groups is 3. The van der Waals surface area contributed by atoms with Crippen LogP contribution in [0.3, 0.4) is 0 Å². The van der Waals surface area contributed by atoms with E-state index in [0.717, 1.165) is 44.6 Å². The maximum absolute atomic E-state index is 13.2. The molecule has 0 radical (unpaired) electrons. The molecule has 4 unspecified atom stereocenters. The van der Waals surface area contributed by atoms with Gasteiger partial charge in [-0.05, 0) is 62.0 Å². The van der Waals surface area contributed by atoms with Gasteiger partial charge >= 0.3 is 6.09 Å². The van der Waals surface area contributed by atoms with Gasteiger partial charge in [0.2, 0.25) is 11.1 Å². The molecule has 8 rings (SSSR count). The van der Waals surface area contributed by atoms with Crippen LogP contribution in [-0.4, -0.2) is 66.0 Å². The molecule has 14 heteroatoms. The van der Waals surface area contributed by atoms with Gasteiger partial charge in [-0.1, -0.05) is 127 Å². The fourth-order valence-electron chi connectivity index (χ4n) is 6.92. The fraction of sp³-hybridized carbons (Fsp3) is 0.227. The van der Waals surface area contributed by atoms with Crippen molar-refractivity contribution >= 4 is 29.7 Å². The number of hydrogen-bond acceptors (Lipinski definition) is 11. The lowest BCUT2D eigenvalue weighted by molar-refractivity contribution is -0.245. The van der Waals surface area contributed by atoms with Gasteiger partial charge in [0, 0.05) is 17.7 Å². The Morgan fingerprint density at radius 2 is 1.53 bits per heavy atom. The number of likely N-dealkylation sites (tertiary alicyclic amines) is 1. The lowest BCUT2D eigenvalue weighted by Crippen LogP contribution is -2.41. The number of carbonyl (C=O) groups excluding carboxylic acids is 3. The topological polar surface area (TPSA) is 158 Å². The predicted molar refractivity (Wildman–Crippen MR) is 214 cm³/mol. The van der Waals surface area contributed by atoms with Gasteiger partial charge in [-0.2, -0.15) is 4.68 Å². The minimum absolute atomic E-state index is 0.0391. The van der Waals surface area contributed by atoms with Crippen molar-refractivity contribution in [3.05, 3.63) is 161 Å². The standard InChI is InChI=1S/C44H40N6O7S/c51-26-29-14-16-33(17-15-29)39-23-37(28-58-43-46-47-48-50(43)36-12-5-2-6-13-36)56-42(57-39)34-20-18-32(19-21-34)35-11-7-10-31(22-35)25-49-40(52)24-38(41(49)53)45-44(54)55-27-30-8-3-1-4-9-30/h1-22,37-39,42,51H,23-28H2,(H,45,54). The number of nitrogens with one attached hydrogen (secondary N) is 1. The number of rotatable bonds is 13. The summed E-state index contributed by atoms with van der Waals surface area (Å²) in [6.45, 7) is 0.0880. The molecular formula is C44H40N6O7S. The molecule has 2 aliphatic heterocycles. The number of benzene rings is 5. The summed E-state index contributed by atoms with van der Waals surface area (Å²) in [4.78, 5) is 39.7. The van der Waals surface area contributed by atoms with Crippen LogP contribution in [0.5, 0.6) is 0 Å². The Morgan fingerprint density at radius 1 is 0.810 bits per heavy atom. The molecule has 0 bridgehead atoms. The average molecular weight is 797 g/mol. The zero-order valence-electron chi connectivity index (χ0n) is 31.3. The van der Waals surface area contributed by atoms with Gasteiger partial charge in [-0.3, -0.25) is 14.5 Å². The summed E-state index contributed by atoms with van der Waals surface area (Å²) in [5.41, 5.74) is 6.93. The Bertz CT molecular complexity index is 2340. The molecule has 0 saturated carbocycles. The zero-order chi connectivity index (χ0) is 39.8.